The smallest absolute Gasteiger partial charge is 0.435 e. The number of hydrogen-bond donors (Lipinski definition) is 0. The lowest BCUT2D eigenvalue weighted by atomic mass is 10.0. The molecule has 0 aliphatic heterocycles. The summed E-state index contributed by atoms with van der Waals surface area (Å²) >= 11 is 0. The highest BCUT2D eigenvalue weighted by molar-refractivity contribution is 5.77. The summed E-state index contributed by atoms with van der Waals surface area (Å²) < 4.78 is 136. The summed E-state index contributed by atoms with van der Waals surface area (Å²) in [6.07, 6.45) is -19.7. The van der Waals surface area contributed by atoms with Gasteiger partial charge >= 0.3 is 24.1 Å². The minimum absolute atomic E-state index is 0.183. The molecule has 0 saturated heterocycles. The van der Waals surface area contributed by atoms with Crippen molar-refractivity contribution in [1.82, 2.24) is 4.98 Å². The van der Waals surface area contributed by atoms with Crippen LogP contribution in [0.2, 0.25) is 0 Å². The molecule has 1 heterocycles. The number of halogens is 9. The van der Waals surface area contributed by atoms with Gasteiger partial charge < -0.3 is 23.5 Å². The van der Waals surface area contributed by atoms with Gasteiger partial charge in [-0.05, 0) is 42.8 Å². The first-order valence-corrected chi connectivity index (χ1v) is 11.4. The normalized spacial score (nSPS) is 14.2. The first-order valence-electron chi connectivity index (χ1n) is 11.4. The second-order valence-electron chi connectivity index (χ2n) is 8.58. The molecular formula is C25H23F9N2O4. The maximum Gasteiger partial charge on any atom is 0.435 e. The Morgan fingerprint density at radius 2 is 1.45 bits per heavy atom. The molecule has 15 heteroatoms. The maximum atomic E-state index is 13.0. The molecule has 3 rings (SSSR count). The van der Waals surface area contributed by atoms with Crippen molar-refractivity contribution in [2.24, 2.45) is 0 Å². The monoisotopic (exact) mass is 586 g/mol. The molecule has 0 saturated carbocycles. The standard InChI is InChI=1S/C25H23F9N2O4/c1-15(40-22(23(26,27)28,24(29,30)31)25(32,33)34)37-12-13-38-18-9-10-20-19(14-18)35-21(39-20)11-6-16-4-7-17(8-5-16)36(2)3/h4-11,14-15H,12-13H2,1-3H3/b11-6+. The molecule has 0 amide bonds. The molecule has 220 valence electrons. The Bertz CT molecular complexity index is 1260. The number of anilines is 1. The summed E-state index contributed by atoms with van der Waals surface area (Å²) in [4.78, 5) is 6.24. The molecule has 0 bridgehead atoms. The number of oxazole rings is 1. The Hall–Kier alpha value is -3.46. The van der Waals surface area contributed by atoms with Gasteiger partial charge in [0.15, 0.2) is 11.9 Å². The van der Waals surface area contributed by atoms with Gasteiger partial charge in [-0.25, -0.2) is 4.98 Å². The van der Waals surface area contributed by atoms with Crippen molar-refractivity contribution in [3.63, 3.8) is 0 Å². The largest absolute Gasteiger partial charge is 0.491 e. The third kappa shape index (κ3) is 6.81. The number of nitrogens with zero attached hydrogens (tertiary/aromatic N) is 2. The van der Waals surface area contributed by atoms with Crippen LogP contribution in [0.15, 0.2) is 46.9 Å². The molecule has 1 unspecified atom stereocenters. The van der Waals surface area contributed by atoms with Gasteiger partial charge in [-0.1, -0.05) is 12.1 Å². The van der Waals surface area contributed by atoms with Gasteiger partial charge in [-0.15, -0.1) is 0 Å². The minimum atomic E-state index is -6.85. The Kier molecular flexibility index (Phi) is 8.99. The first-order chi connectivity index (χ1) is 18.4. The van der Waals surface area contributed by atoms with Gasteiger partial charge in [0, 0.05) is 31.9 Å². The predicted molar refractivity (Wildman–Crippen MR) is 127 cm³/mol. The van der Waals surface area contributed by atoms with Gasteiger partial charge in [-0.3, -0.25) is 0 Å². The highest BCUT2D eigenvalue weighted by Crippen LogP contribution is 2.55. The Morgan fingerprint density at radius 3 is 2.00 bits per heavy atom. The molecule has 2 aromatic carbocycles. The summed E-state index contributed by atoms with van der Waals surface area (Å²) in [6, 6.07) is 12.1. The summed E-state index contributed by atoms with van der Waals surface area (Å²) in [7, 11) is 3.84. The van der Waals surface area contributed by atoms with E-state index >= 15 is 0 Å². The molecule has 1 aromatic heterocycles. The summed E-state index contributed by atoms with van der Waals surface area (Å²) in [5.41, 5.74) is -3.73. The van der Waals surface area contributed by atoms with Crippen molar-refractivity contribution in [2.45, 2.75) is 37.3 Å². The molecule has 0 fully saturated rings. The first kappa shape index (κ1) is 31.1. The van der Waals surface area contributed by atoms with E-state index in [-0.39, 0.29) is 11.6 Å². The van der Waals surface area contributed by atoms with E-state index in [4.69, 9.17) is 9.15 Å². The van der Waals surface area contributed by atoms with E-state index in [1.54, 1.807) is 12.2 Å². The van der Waals surface area contributed by atoms with Crippen LogP contribution >= 0.6 is 0 Å². The van der Waals surface area contributed by atoms with Crippen LogP contribution in [0, 0.1) is 0 Å². The van der Waals surface area contributed by atoms with Crippen LogP contribution in [0.25, 0.3) is 23.3 Å². The lowest BCUT2D eigenvalue weighted by molar-refractivity contribution is -0.476. The van der Waals surface area contributed by atoms with Crippen LogP contribution in [0.3, 0.4) is 0 Å². The van der Waals surface area contributed by atoms with E-state index in [1.165, 1.54) is 18.2 Å². The number of fused-ring (bicyclic) bond motifs is 1. The van der Waals surface area contributed by atoms with Gasteiger partial charge in [-0.2, -0.15) is 39.5 Å². The lowest BCUT2D eigenvalue weighted by Crippen LogP contribution is -2.68. The average Bonchev–Trinajstić information content (AvgIpc) is 3.24. The van der Waals surface area contributed by atoms with E-state index < -0.39 is 43.6 Å². The zero-order chi connectivity index (χ0) is 29.9. The van der Waals surface area contributed by atoms with Crippen molar-refractivity contribution in [3.05, 3.63) is 53.9 Å². The van der Waals surface area contributed by atoms with Crippen LogP contribution in [-0.4, -0.2) is 62.7 Å². The predicted octanol–water partition coefficient (Wildman–Crippen LogP) is 7.25. The summed E-state index contributed by atoms with van der Waals surface area (Å²) in [6.45, 7) is -0.656. The zero-order valence-corrected chi connectivity index (χ0v) is 21.1. The van der Waals surface area contributed by atoms with Crippen LogP contribution < -0.4 is 9.64 Å². The SMILES string of the molecule is CC(OCCOc1ccc2oc(/C=C/c3ccc(N(C)C)cc3)nc2c1)OC(C(F)(F)F)(C(F)(F)F)C(F)(F)F. The molecule has 40 heavy (non-hydrogen) atoms. The van der Waals surface area contributed by atoms with Crippen molar-refractivity contribution in [2.75, 3.05) is 32.2 Å². The minimum Gasteiger partial charge on any atom is -0.491 e. The highest BCUT2D eigenvalue weighted by Gasteiger charge is 2.86. The van der Waals surface area contributed by atoms with E-state index in [1.807, 2.05) is 43.3 Å². The summed E-state index contributed by atoms with van der Waals surface area (Å²) in [5.74, 6) is 0.462. The molecular weight excluding hydrogens is 563 g/mol. The van der Waals surface area contributed by atoms with E-state index in [2.05, 4.69) is 14.5 Å². The Labute approximate surface area is 221 Å². The molecule has 0 N–H and O–H groups in total. The summed E-state index contributed by atoms with van der Waals surface area (Å²) in [5, 5.41) is 0. The number of aromatic nitrogens is 1. The van der Waals surface area contributed by atoms with Gasteiger partial charge in [0.05, 0.1) is 6.61 Å². The van der Waals surface area contributed by atoms with Crippen molar-refractivity contribution >= 4 is 28.9 Å². The van der Waals surface area contributed by atoms with Crippen LogP contribution in [0.4, 0.5) is 45.2 Å². The van der Waals surface area contributed by atoms with E-state index in [0.29, 0.717) is 18.0 Å². The van der Waals surface area contributed by atoms with Gasteiger partial charge in [0.2, 0.25) is 5.89 Å². The molecule has 6 nitrogen and oxygen atoms in total. The molecule has 0 spiro atoms. The quantitative estimate of drug-likeness (QED) is 0.142. The third-order valence-corrected chi connectivity index (χ3v) is 5.45. The number of ether oxygens (including phenoxy) is 3. The van der Waals surface area contributed by atoms with E-state index in [9.17, 15) is 39.5 Å². The number of rotatable bonds is 10. The van der Waals surface area contributed by atoms with Gasteiger partial charge in [0.1, 0.15) is 17.9 Å². The zero-order valence-electron chi connectivity index (χ0n) is 21.1. The fourth-order valence-electron chi connectivity index (χ4n) is 3.48. The maximum absolute atomic E-state index is 13.0. The third-order valence-electron chi connectivity index (χ3n) is 5.45. The van der Waals surface area contributed by atoms with Crippen LogP contribution in [0.1, 0.15) is 18.4 Å². The fraction of sp³-hybridized carbons (Fsp3) is 0.400. The van der Waals surface area contributed by atoms with E-state index in [0.717, 1.165) is 11.3 Å². The average molecular weight is 586 g/mol. The Balaban J connectivity index is 1.59. The molecule has 3 aromatic rings. The lowest BCUT2D eigenvalue weighted by Gasteiger charge is -2.39. The van der Waals surface area contributed by atoms with Crippen molar-refractivity contribution in [1.29, 1.82) is 0 Å². The number of hydrogen-bond acceptors (Lipinski definition) is 6. The molecule has 0 aliphatic rings. The second-order valence-corrected chi connectivity index (χ2v) is 8.58. The fourth-order valence-corrected chi connectivity index (χ4v) is 3.48. The molecule has 1 atom stereocenters. The number of benzene rings is 2. The van der Waals surface area contributed by atoms with Crippen molar-refractivity contribution in [3.8, 4) is 5.75 Å². The number of alkyl halides is 9. The molecule has 0 radical (unpaired) electrons. The second kappa shape index (κ2) is 11.6. The topological polar surface area (TPSA) is 57.0 Å². The Morgan fingerprint density at radius 1 is 0.850 bits per heavy atom. The molecule has 0 aliphatic carbocycles. The van der Waals surface area contributed by atoms with Gasteiger partial charge in [0.25, 0.3) is 0 Å². The van der Waals surface area contributed by atoms with Crippen molar-refractivity contribution < 1.29 is 58.1 Å². The van der Waals surface area contributed by atoms with Crippen LogP contribution in [-0.2, 0) is 9.47 Å². The van der Waals surface area contributed by atoms with Crippen LogP contribution in [0.5, 0.6) is 5.75 Å². The highest BCUT2D eigenvalue weighted by atomic mass is 19.4.